The molecule has 3 nitrogen and oxygen atoms in total. The fourth-order valence-electron chi connectivity index (χ4n) is 1.72. The van der Waals surface area contributed by atoms with Gasteiger partial charge in [-0.05, 0) is 43.7 Å². The third-order valence-electron chi connectivity index (χ3n) is 2.44. The van der Waals surface area contributed by atoms with E-state index >= 15 is 0 Å². The molecule has 0 radical (unpaired) electrons. The molecule has 1 aliphatic heterocycles. The monoisotopic (exact) mass is 302 g/mol. The fraction of sp³-hybridized carbons (Fsp3) is 0.273. The van der Waals surface area contributed by atoms with Crippen molar-refractivity contribution in [3.05, 3.63) is 33.1 Å². The van der Waals surface area contributed by atoms with Gasteiger partial charge in [-0.3, -0.25) is 0 Å². The quantitative estimate of drug-likeness (QED) is 0.866. The largest absolute Gasteiger partial charge is 0.385 e. The van der Waals surface area contributed by atoms with Gasteiger partial charge in [0, 0.05) is 4.47 Å². The Labute approximate surface area is 103 Å². The Kier molecular flexibility index (Phi) is 2.53. The number of benzene rings is 1. The van der Waals surface area contributed by atoms with Gasteiger partial charge < -0.3 is 5.11 Å². The number of halogens is 1. The molecule has 0 saturated carbocycles. The maximum absolute atomic E-state index is 12.1. The fourth-order valence-corrected chi connectivity index (χ4v) is 3.95. The standard InChI is InChI=1S/C11H11BrO3S/c1-11(2,13)10-6-7-5-8(12)3-4-9(7)16(10,14)15/h3-6,13H,1-2H3. The predicted octanol–water partition coefficient (Wildman–Crippen LogP) is 2.35. The lowest BCUT2D eigenvalue weighted by molar-refractivity contribution is 0.129. The van der Waals surface area contributed by atoms with Crippen LogP contribution in [0, 0.1) is 0 Å². The third-order valence-corrected chi connectivity index (χ3v) is 5.08. The average molecular weight is 303 g/mol. The molecule has 1 N–H and O–H groups in total. The molecule has 0 aliphatic carbocycles. The van der Waals surface area contributed by atoms with E-state index in [4.69, 9.17) is 0 Å². The van der Waals surface area contributed by atoms with Crippen molar-refractivity contribution in [3.8, 4) is 0 Å². The highest BCUT2D eigenvalue weighted by Crippen LogP contribution is 2.39. The van der Waals surface area contributed by atoms with Crippen LogP contribution < -0.4 is 0 Å². The van der Waals surface area contributed by atoms with Gasteiger partial charge in [0.2, 0.25) is 9.84 Å². The molecule has 0 spiro atoms. The van der Waals surface area contributed by atoms with Crippen LogP contribution in [0.4, 0.5) is 0 Å². The van der Waals surface area contributed by atoms with Gasteiger partial charge in [0.25, 0.3) is 0 Å². The molecular weight excluding hydrogens is 292 g/mol. The van der Waals surface area contributed by atoms with E-state index in [9.17, 15) is 13.5 Å². The van der Waals surface area contributed by atoms with Crippen molar-refractivity contribution < 1.29 is 13.5 Å². The molecule has 1 aromatic carbocycles. The smallest absolute Gasteiger partial charge is 0.206 e. The van der Waals surface area contributed by atoms with Crippen LogP contribution >= 0.6 is 15.9 Å². The Morgan fingerprint density at radius 3 is 2.50 bits per heavy atom. The van der Waals surface area contributed by atoms with Crippen molar-refractivity contribution in [2.75, 3.05) is 0 Å². The summed E-state index contributed by atoms with van der Waals surface area (Å²) in [5.74, 6) is 0. The molecule has 86 valence electrons. The minimum Gasteiger partial charge on any atom is -0.385 e. The zero-order valence-electron chi connectivity index (χ0n) is 8.86. The first-order chi connectivity index (χ1) is 7.23. The van der Waals surface area contributed by atoms with Gasteiger partial charge in [-0.25, -0.2) is 8.42 Å². The second-order valence-electron chi connectivity index (χ2n) is 4.25. The van der Waals surface area contributed by atoms with Crippen LogP contribution in [-0.2, 0) is 9.84 Å². The summed E-state index contributed by atoms with van der Waals surface area (Å²) >= 11 is 3.29. The topological polar surface area (TPSA) is 54.4 Å². The molecule has 1 aliphatic rings. The third kappa shape index (κ3) is 1.73. The number of hydrogen-bond donors (Lipinski definition) is 1. The molecule has 0 saturated heterocycles. The van der Waals surface area contributed by atoms with Crippen LogP contribution in [0.25, 0.3) is 6.08 Å². The van der Waals surface area contributed by atoms with E-state index in [1.807, 2.05) is 0 Å². The summed E-state index contributed by atoms with van der Waals surface area (Å²) in [4.78, 5) is 0.306. The van der Waals surface area contributed by atoms with E-state index in [2.05, 4.69) is 15.9 Å². The molecule has 1 heterocycles. The summed E-state index contributed by atoms with van der Waals surface area (Å²) < 4.78 is 25.0. The van der Waals surface area contributed by atoms with Crippen molar-refractivity contribution in [2.24, 2.45) is 0 Å². The van der Waals surface area contributed by atoms with E-state index in [0.717, 1.165) is 4.47 Å². The summed E-state index contributed by atoms with van der Waals surface area (Å²) in [6.07, 6.45) is 1.52. The molecule has 5 heteroatoms. The lowest BCUT2D eigenvalue weighted by Crippen LogP contribution is -2.25. The first-order valence-corrected chi connectivity index (χ1v) is 7.00. The first kappa shape index (κ1) is 11.8. The van der Waals surface area contributed by atoms with Crippen molar-refractivity contribution in [2.45, 2.75) is 24.3 Å². The van der Waals surface area contributed by atoms with E-state index in [-0.39, 0.29) is 9.80 Å². The second-order valence-corrected chi connectivity index (χ2v) is 7.06. The van der Waals surface area contributed by atoms with Crippen LogP contribution in [0.15, 0.2) is 32.5 Å². The first-order valence-electron chi connectivity index (χ1n) is 4.72. The minimum absolute atomic E-state index is 0.0492. The number of sulfone groups is 1. The van der Waals surface area contributed by atoms with E-state index in [1.165, 1.54) is 19.9 Å². The van der Waals surface area contributed by atoms with Gasteiger partial charge >= 0.3 is 0 Å². The summed E-state index contributed by atoms with van der Waals surface area (Å²) in [6.45, 7) is 2.94. The van der Waals surface area contributed by atoms with Crippen molar-refractivity contribution >= 4 is 31.8 Å². The molecule has 0 aromatic heterocycles. The molecule has 0 amide bonds. The molecule has 1 aromatic rings. The highest BCUT2D eigenvalue weighted by Gasteiger charge is 2.37. The van der Waals surface area contributed by atoms with Crippen molar-refractivity contribution in [3.63, 3.8) is 0 Å². The number of rotatable bonds is 1. The minimum atomic E-state index is -3.53. The number of aliphatic hydroxyl groups is 1. The predicted molar refractivity (Wildman–Crippen MR) is 65.6 cm³/mol. The Balaban J connectivity index is 2.71. The van der Waals surface area contributed by atoms with E-state index in [0.29, 0.717) is 5.56 Å². The highest BCUT2D eigenvalue weighted by atomic mass is 79.9. The normalized spacial score (nSPS) is 18.1. The van der Waals surface area contributed by atoms with Gasteiger partial charge in [-0.1, -0.05) is 15.9 Å². The van der Waals surface area contributed by atoms with Crippen LogP contribution in [0.2, 0.25) is 0 Å². The summed E-state index contributed by atoms with van der Waals surface area (Å²) in [7, 11) is -3.53. The van der Waals surface area contributed by atoms with Gasteiger partial charge in [-0.15, -0.1) is 0 Å². The van der Waals surface area contributed by atoms with Crippen molar-refractivity contribution in [1.29, 1.82) is 0 Å². The van der Waals surface area contributed by atoms with Gasteiger partial charge in [-0.2, -0.15) is 0 Å². The molecule has 16 heavy (non-hydrogen) atoms. The SMILES string of the molecule is CC(C)(O)C1=Cc2cc(Br)ccc2S1(=O)=O. The number of hydrogen-bond acceptors (Lipinski definition) is 3. The second kappa shape index (κ2) is 3.42. The van der Waals surface area contributed by atoms with Crippen LogP contribution in [0.5, 0.6) is 0 Å². The van der Waals surface area contributed by atoms with Gasteiger partial charge in [0.1, 0.15) is 0 Å². The molecule has 0 bridgehead atoms. The van der Waals surface area contributed by atoms with Gasteiger partial charge in [0.15, 0.2) is 0 Å². The Morgan fingerprint density at radius 2 is 1.94 bits per heavy atom. The Morgan fingerprint density at radius 1 is 1.31 bits per heavy atom. The van der Waals surface area contributed by atoms with Crippen LogP contribution in [-0.4, -0.2) is 19.1 Å². The van der Waals surface area contributed by atoms with Crippen molar-refractivity contribution in [1.82, 2.24) is 0 Å². The molecule has 0 fully saturated rings. The number of fused-ring (bicyclic) bond motifs is 1. The summed E-state index contributed by atoms with van der Waals surface area (Å²) in [5.41, 5.74) is -0.740. The summed E-state index contributed by atoms with van der Waals surface area (Å²) in [5, 5.41) is 9.84. The molecule has 0 unspecified atom stereocenters. The Hall–Kier alpha value is -0.650. The maximum Gasteiger partial charge on any atom is 0.206 e. The highest BCUT2D eigenvalue weighted by molar-refractivity contribution is 9.10. The molecule has 2 rings (SSSR count). The van der Waals surface area contributed by atoms with E-state index < -0.39 is 15.4 Å². The summed E-state index contributed by atoms with van der Waals surface area (Å²) in [6, 6.07) is 4.95. The molecular formula is C11H11BrO3S. The maximum atomic E-state index is 12.1. The van der Waals surface area contributed by atoms with Crippen LogP contribution in [0.1, 0.15) is 19.4 Å². The average Bonchev–Trinajstić information content (AvgIpc) is 2.36. The lowest BCUT2D eigenvalue weighted by atomic mass is 10.1. The lowest BCUT2D eigenvalue weighted by Gasteiger charge is -2.18. The van der Waals surface area contributed by atoms with Crippen LogP contribution in [0.3, 0.4) is 0 Å². The zero-order valence-corrected chi connectivity index (χ0v) is 11.3. The zero-order chi connectivity index (χ0) is 12.1. The van der Waals surface area contributed by atoms with E-state index in [1.54, 1.807) is 18.2 Å². The molecule has 0 atom stereocenters. The Bertz CT molecular complexity index is 580. The van der Waals surface area contributed by atoms with Gasteiger partial charge in [0.05, 0.1) is 15.4 Å².